The van der Waals surface area contributed by atoms with Gasteiger partial charge in [-0.1, -0.05) is 30.0 Å². The maximum absolute atomic E-state index is 13.3. The number of methoxy groups -OCH3 is 1. The molecule has 1 atom stereocenters. The van der Waals surface area contributed by atoms with Crippen molar-refractivity contribution in [1.29, 1.82) is 0 Å². The van der Waals surface area contributed by atoms with Crippen LogP contribution >= 0.6 is 11.8 Å². The van der Waals surface area contributed by atoms with E-state index in [9.17, 15) is 4.79 Å². The Morgan fingerprint density at radius 3 is 2.73 bits per heavy atom. The number of aryl methyl sites for hydroxylation is 1. The third kappa shape index (κ3) is 3.88. The Bertz CT molecular complexity index is 1170. The largest absolute Gasteiger partial charge is 0.383 e. The number of carbonyl (C=O) groups is 1. The number of fused-ring (bicyclic) bond motifs is 1. The van der Waals surface area contributed by atoms with Crippen molar-refractivity contribution in [2.75, 3.05) is 13.7 Å². The van der Waals surface area contributed by atoms with Crippen LogP contribution < -0.4 is 0 Å². The second-order valence-corrected chi connectivity index (χ2v) is 8.29. The summed E-state index contributed by atoms with van der Waals surface area (Å²) in [6.07, 6.45) is 3.45. The van der Waals surface area contributed by atoms with Crippen molar-refractivity contribution in [3.63, 3.8) is 0 Å². The summed E-state index contributed by atoms with van der Waals surface area (Å²) in [5, 5.41) is 10.1. The number of hydrogen-bond donors (Lipinski definition) is 1. The summed E-state index contributed by atoms with van der Waals surface area (Å²) < 4.78 is 7.26. The number of para-hydroxylation sites is 1. The van der Waals surface area contributed by atoms with Crippen LogP contribution in [0.25, 0.3) is 22.3 Å². The van der Waals surface area contributed by atoms with Gasteiger partial charge in [0.15, 0.2) is 16.8 Å². The van der Waals surface area contributed by atoms with E-state index in [1.165, 1.54) is 11.8 Å². The van der Waals surface area contributed by atoms with E-state index in [2.05, 4.69) is 20.2 Å². The highest BCUT2D eigenvalue weighted by molar-refractivity contribution is 8.00. The summed E-state index contributed by atoms with van der Waals surface area (Å²) in [6.45, 7) is 4.97. The summed E-state index contributed by atoms with van der Waals surface area (Å²) in [4.78, 5) is 20.7. The molecule has 0 unspecified atom stereocenters. The predicted octanol–water partition coefficient (Wildman–Crippen LogP) is 4.14. The van der Waals surface area contributed by atoms with Crippen LogP contribution in [-0.2, 0) is 11.3 Å². The predicted molar refractivity (Wildman–Crippen MR) is 118 cm³/mol. The quantitative estimate of drug-likeness (QED) is 0.340. The Balaban J connectivity index is 1.64. The molecular weight excluding hydrogens is 398 g/mol. The lowest BCUT2D eigenvalue weighted by Crippen LogP contribution is -2.16. The first-order valence-corrected chi connectivity index (χ1v) is 10.6. The van der Waals surface area contributed by atoms with Gasteiger partial charge in [0.2, 0.25) is 0 Å². The molecule has 0 bridgehead atoms. The van der Waals surface area contributed by atoms with Crippen molar-refractivity contribution in [2.45, 2.75) is 30.8 Å². The van der Waals surface area contributed by atoms with Crippen LogP contribution in [-0.4, -0.2) is 49.5 Å². The number of nitrogens with zero attached hydrogens (tertiary/aromatic N) is 4. The molecule has 0 saturated carbocycles. The van der Waals surface area contributed by atoms with Crippen molar-refractivity contribution in [1.82, 2.24) is 24.7 Å². The van der Waals surface area contributed by atoms with E-state index in [1.54, 1.807) is 19.5 Å². The van der Waals surface area contributed by atoms with Crippen LogP contribution in [0.1, 0.15) is 23.0 Å². The molecule has 4 rings (SSSR count). The Morgan fingerprint density at radius 1 is 1.20 bits per heavy atom. The standard InChI is InChI=1S/C22H23N5O2S/c1-14-19(17-6-4-5-7-18(17)24-14)20(28)15(2)30-22-26-25-21(27(22)12-13-29-3)16-8-10-23-11-9-16/h4-11,15,24H,12-13H2,1-3H3/t15-/m1/s1. The third-order valence-corrected chi connectivity index (χ3v) is 6.05. The number of ketones is 1. The minimum Gasteiger partial charge on any atom is -0.383 e. The average molecular weight is 422 g/mol. The van der Waals surface area contributed by atoms with Crippen molar-refractivity contribution < 1.29 is 9.53 Å². The van der Waals surface area contributed by atoms with Gasteiger partial charge >= 0.3 is 0 Å². The number of thioether (sulfide) groups is 1. The zero-order valence-electron chi connectivity index (χ0n) is 17.1. The first kappa shape index (κ1) is 20.3. The Labute approximate surface area is 178 Å². The average Bonchev–Trinajstić information content (AvgIpc) is 3.31. The van der Waals surface area contributed by atoms with Crippen LogP contribution in [0.15, 0.2) is 53.9 Å². The van der Waals surface area contributed by atoms with Crippen molar-refractivity contribution >= 4 is 28.4 Å². The number of aromatic nitrogens is 5. The lowest BCUT2D eigenvalue weighted by Gasteiger charge is -2.13. The van der Waals surface area contributed by atoms with Gasteiger partial charge in [0.05, 0.1) is 18.4 Å². The molecular formula is C22H23N5O2S. The highest BCUT2D eigenvalue weighted by Gasteiger charge is 2.25. The monoisotopic (exact) mass is 421 g/mol. The number of rotatable bonds is 8. The van der Waals surface area contributed by atoms with Gasteiger partial charge in [-0.3, -0.25) is 14.3 Å². The van der Waals surface area contributed by atoms with Crippen LogP contribution in [0.2, 0.25) is 0 Å². The molecule has 1 aromatic carbocycles. The van der Waals surface area contributed by atoms with E-state index in [1.807, 2.05) is 54.8 Å². The molecule has 3 aromatic heterocycles. The smallest absolute Gasteiger partial charge is 0.192 e. The molecule has 0 aliphatic rings. The fraction of sp³-hybridized carbons (Fsp3) is 0.273. The van der Waals surface area contributed by atoms with Crippen molar-refractivity contribution in [3.05, 3.63) is 60.0 Å². The number of hydrogen-bond acceptors (Lipinski definition) is 6. The lowest BCUT2D eigenvalue weighted by molar-refractivity contribution is 0.0995. The molecule has 0 radical (unpaired) electrons. The second kappa shape index (κ2) is 8.81. The van der Waals surface area contributed by atoms with E-state index in [0.717, 1.165) is 33.5 Å². The van der Waals surface area contributed by atoms with Crippen LogP contribution in [0, 0.1) is 6.92 Å². The minimum atomic E-state index is -0.321. The maximum atomic E-state index is 13.3. The molecule has 0 saturated heterocycles. The molecule has 7 nitrogen and oxygen atoms in total. The summed E-state index contributed by atoms with van der Waals surface area (Å²) in [6, 6.07) is 11.7. The van der Waals surface area contributed by atoms with E-state index in [0.29, 0.717) is 18.3 Å². The molecule has 0 spiro atoms. The van der Waals surface area contributed by atoms with Crippen LogP contribution in [0.3, 0.4) is 0 Å². The van der Waals surface area contributed by atoms with Crippen molar-refractivity contribution in [2.24, 2.45) is 0 Å². The van der Waals surface area contributed by atoms with Gasteiger partial charge in [0, 0.05) is 47.2 Å². The van der Waals surface area contributed by atoms with E-state index < -0.39 is 0 Å². The van der Waals surface area contributed by atoms with Gasteiger partial charge in [0.1, 0.15) is 0 Å². The number of pyridine rings is 1. The molecule has 3 heterocycles. The summed E-state index contributed by atoms with van der Waals surface area (Å²) in [5.74, 6) is 0.807. The Hall–Kier alpha value is -2.97. The fourth-order valence-corrected chi connectivity index (χ4v) is 4.42. The summed E-state index contributed by atoms with van der Waals surface area (Å²) >= 11 is 1.41. The number of nitrogens with one attached hydrogen (secondary N) is 1. The molecule has 8 heteroatoms. The normalized spacial score (nSPS) is 12.4. The number of benzene rings is 1. The number of Topliss-reactive ketones (excluding diaryl/α,β-unsaturated/α-hetero) is 1. The second-order valence-electron chi connectivity index (χ2n) is 6.98. The van der Waals surface area contributed by atoms with E-state index in [-0.39, 0.29) is 11.0 Å². The van der Waals surface area contributed by atoms with Gasteiger partial charge in [-0.15, -0.1) is 10.2 Å². The summed E-state index contributed by atoms with van der Waals surface area (Å²) in [5.41, 5.74) is 3.51. The molecule has 0 fully saturated rings. The van der Waals surface area contributed by atoms with Gasteiger partial charge in [-0.2, -0.15) is 0 Å². The lowest BCUT2D eigenvalue weighted by atomic mass is 10.1. The first-order chi connectivity index (χ1) is 14.6. The Morgan fingerprint density at radius 2 is 1.97 bits per heavy atom. The molecule has 1 N–H and O–H groups in total. The number of ether oxygens (including phenoxy) is 1. The van der Waals surface area contributed by atoms with Crippen molar-refractivity contribution in [3.8, 4) is 11.4 Å². The molecule has 30 heavy (non-hydrogen) atoms. The van der Waals surface area contributed by atoms with Gasteiger partial charge < -0.3 is 9.72 Å². The molecule has 0 aliphatic carbocycles. The highest BCUT2D eigenvalue weighted by Crippen LogP contribution is 2.31. The molecule has 154 valence electrons. The number of carbonyl (C=O) groups excluding carboxylic acids is 1. The first-order valence-electron chi connectivity index (χ1n) is 9.71. The number of aromatic amines is 1. The fourth-order valence-electron chi connectivity index (χ4n) is 3.48. The van der Waals surface area contributed by atoms with Gasteiger partial charge in [0.25, 0.3) is 0 Å². The van der Waals surface area contributed by atoms with Crippen LogP contribution in [0.4, 0.5) is 0 Å². The van der Waals surface area contributed by atoms with Gasteiger partial charge in [-0.25, -0.2) is 0 Å². The summed E-state index contributed by atoms with van der Waals surface area (Å²) in [7, 11) is 1.66. The Kier molecular flexibility index (Phi) is 5.96. The number of H-pyrrole nitrogens is 1. The maximum Gasteiger partial charge on any atom is 0.192 e. The molecule has 0 amide bonds. The topological polar surface area (TPSA) is 85.7 Å². The molecule has 0 aliphatic heterocycles. The third-order valence-electron chi connectivity index (χ3n) is 4.97. The zero-order chi connectivity index (χ0) is 21.1. The molecule has 4 aromatic rings. The van der Waals surface area contributed by atoms with E-state index in [4.69, 9.17) is 4.74 Å². The highest BCUT2D eigenvalue weighted by atomic mass is 32.2. The van der Waals surface area contributed by atoms with E-state index >= 15 is 0 Å². The zero-order valence-corrected chi connectivity index (χ0v) is 17.9. The SMILES string of the molecule is COCCn1c(S[C@H](C)C(=O)c2c(C)[nH]c3ccccc23)nnc1-c1ccncc1. The van der Waals surface area contributed by atoms with Crippen LogP contribution in [0.5, 0.6) is 0 Å². The van der Waals surface area contributed by atoms with Gasteiger partial charge in [-0.05, 0) is 32.0 Å². The minimum absolute atomic E-state index is 0.0710.